The van der Waals surface area contributed by atoms with Gasteiger partial charge in [-0.2, -0.15) is 0 Å². The average Bonchev–Trinajstić information content (AvgIpc) is 2.80. The first-order valence-electron chi connectivity index (χ1n) is 9.51. The van der Waals surface area contributed by atoms with E-state index in [0.717, 1.165) is 44.6 Å². The summed E-state index contributed by atoms with van der Waals surface area (Å²) in [5, 5.41) is 13.7. The molecule has 1 aromatic rings. The fraction of sp³-hybridized carbons (Fsp3) is 0.700. The van der Waals surface area contributed by atoms with Gasteiger partial charge < -0.3 is 10.4 Å². The Morgan fingerprint density at radius 3 is 2.52 bits per heavy atom. The molecule has 2 saturated carbocycles. The van der Waals surface area contributed by atoms with Crippen LogP contribution in [-0.4, -0.2) is 17.8 Å². The summed E-state index contributed by atoms with van der Waals surface area (Å²) in [5.74, 6) is -2.31. The molecule has 0 amide bonds. The summed E-state index contributed by atoms with van der Waals surface area (Å²) in [5.41, 5.74) is -0.160. The predicted molar refractivity (Wildman–Crippen MR) is 92.8 cm³/mol. The molecule has 0 radical (unpaired) electrons. The molecule has 0 bridgehead atoms. The highest BCUT2D eigenvalue weighted by molar-refractivity contribution is 5.45. The van der Waals surface area contributed by atoms with Gasteiger partial charge in [0.15, 0.2) is 11.6 Å². The van der Waals surface area contributed by atoms with Crippen LogP contribution in [0.1, 0.15) is 58.3 Å². The van der Waals surface area contributed by atoms with Gasteiger partial charge in [0.05, 0.1) is 11.8 Å². The minimum Gasteiger partial charge on any atom is -0.393 e. The second kappa shape index (κ2) is 7.56. The van der Waals surface area contributed by atoms with Gasteiger partial charge in [0.1, 0.15) is 5.82 Å². The van der Waals surface area contributed by atoms with Crippen molar-refractivity contribution in [2.45, 2.75) is 64.4 Å². The summed E-state index contributed by atoms with van der Waals surface area (Å²) in [6.45, 7) is 2.36. The number of aliphatic hydroxyl groups excluding tert-OH is 1. The lowest BCUT2D eigenvalue weighted by molar-refractivity contribution is -0.0813. The van der Waals surface area contributed by atoms with Crippen molar-refractivity contribution in [2.24, 2.45) is 17.3 Å². The number of rotatable bonds is 4. The van der Waals surface area contributed by atoms with E-state index in [1.165, 1.54) is 12.8 Å². The molecule has 1 aromatic carbocycles. The smallest absolute Gasteiger partial charge is 0.161 e. The standard InChI is InChI=1S/C20H28F3NO/c1-13(25)20-9-4-2-3-6-14(20)7-5-8-15(20)12-24-19-11-17(22)16(21)10-18(19)23/h10-11,13-15,24-25H,2-9,12H2,1H3. The van der Waals surface area contributed by atoms with Crippen molar-refractivity contribution in [2.75, 3.05) is 11.9 Å². The molecule has 4 unspecified atom stereocenters. The van der Waals surface area contributed by atoms with Crippen LogP contribution in [0.25, 0.3) is 0 Å². The van der Waals surface area contributed by atoms with Gasteiger partial charge in [-0.1, -0.05) is 25.7 Å². The van der Waals surface area contributed by atoms with Crippen molar-refractivity contribution in [3.8, 4) is 0 Å². The van der Waals surface area contributed by atoms with Gasteiger partial charge in [-0.15, -0.1) is 0 Å². The van der Waals surface area contributed by atoms with Crippen LogP contribution in [-0.2, 0) is 0 Å². The van der Waals surface area contributed by atoms with Crippen molar-refractivity contribution >= 4 is 5.69 Å². The summed E-state index contributed by atoms with van der Waals surface area (Å²) >= 11 is 0. The minimum atomic E-state index is -1.18. The molecule has 0 aliphatic heterocycles. The Morgan fingerprint density at radius 1 is 1.04 bits per heavy atom. The summed E-state index contributed by atoms with van der Waals surface area (Å²) < 4.78 is 40.5. The van der Waals surface area contributed by atoms with E-state index in [0.29, 0.717) is 18.5 Å². The summed E-state index contributed by atoms with van der Waals surface area (Å²) in [6.07, 6.45) is 8.43. The van der Waals surface area contributed by atoms with E-state index >= 15 is 0 Å². The van der Waals surface area contributed by atoms with Gasteiger partial charge in [-0.3, -0.25) is 0 Å². The van der Waals surface area contributed by atoms with Crippen molar-refractivity contribution in [1.82, 2.24) is 0 Å². The number of benzene rings is 1. The van der Waals surface area contributed by atoms with Crippen LogP contribution in [0.4, 0.5) is 18.9 Å². The van der Waals surface area contributed by atoms with Crippen molar-refractivity contribution in [1.29, 1.82) is 0 Å². The molecule has 0 spiro atoms. The number of nitrogens with one attached hydrogen (secondary N) is 1. The molecule has 0 aromatic heterocycles. The fourth-order valence-corrected chi connectivity index (χ4v) is 5.38. The molecule has 140 valence electrons. The maximum atomic E-state index is 13.9. The van der Waals surface area contributed by atoms with E-state index in [-0.39, 0.29) is 17.0 Å². The lowest BCUT2D eigenvalue weighted by atomic mass is 9.55. The highest BCUT2D eigenvalue weighted by Crippen LogP contribution is 2.54. The quantitative estimate of drug-likeness (QED) is 0.722. The van der Waals surface area contributed by atoms with Gasteiger partial charge >= 0.3 is 0 Å². The first-order valence-corrected chi connectivity index (χ1v) is 9.51. The highest BCUT2D eigenvalue weighted by Gasteiger charge is 2.50. The van der Waals surface area contributed by atoms with Crippen molar-refractivity contribution in [3.05, 3.63) is 29.6 Å². The Labute approximate surface area is 147 Å². The number of hydrogen-bond acceptors (Lipinski definition) is 2. The molecule has 5 heteroatoms. The number of fused-ring (bicyclic) bond motifs is 1. The molecule has 2 fully saturated rings. The average molecular weight is 355 g/mol. The normalized spacial score (nSPS) is 31.1. The fourth-order valence-electron chi connectivity index (χ4n) is 5.38. The summed E-state index contributed by atoms with van der Waals surface area (Å²) in [6, 6.07) is 1.46. The largest absolute Gasteiger partial charge is 0.393 e. The van der Waals surface area contributed by atoms with E-state index in [1.54, 1.807) is 0 Å². The van der Waals surface area contributed by atoms with E-state index < -0.39 is 23.6 Å². The Kier molecular flexibility index (Phi) is 5.62. The second-order valence-corrected chi connectivity index (χ2v) is 7.84. The summed E-state index contributed by atoms with van der Waals surface area (Å²) in [4.78, 5) is 0. The zero-order valence-electron chi connectivity index (χ0n) is 14.8. The molecular weight excluding hydrogens is 327 g/mol. The van der Waals surface area contributed by atoms with Crippen molar-refractivity contribution in [3.63, 3.8) is 0 Å². The third kappa shape index (κ3) is 3.53. The molecule has 2 aliphatic carbocycles. The zero-order valence-corrected chi connectivity index (χ0v) is 14.8. The molecule has 2 N–H and O–H groups in total. The third-order valence-electron chi connectivity index (χ3n) is 6.61. The Morgan fingerprint density at radius 2 is 1.76 bits per heavy atom. The molecule has 0 saturated heterocycles. The molecule has 4 atom stereocenters. The lowest BCUT2D eigenvalue weighted by Gasteiger charge is -2.51. The SMILES string of the molecule is CC(O)C12CCCCCC1CCCC2CNc1cc(F)c(F)cc1F. The molecule has 2 aliphatic rings. The first kappa shape index (κ1) is 18.6. The van der Waals surface area contributed by atoms with E-state index in [9.17, 15) is 18.3 Å². The van der Waals surface area contributed by atoms with Crippen LogP contribution < -0.4 is 5.32 Å². The Bertz CT molecular complexity index is 607. The third-order valence-corrected chi connectivity index (χ3v) is 6.61. The predicted octanol–water partition coefficient (Wildman–Crippen LogP) is 5.26. The van der Waals surface area contributed by atoms with Gasteiger partial charge in [-0.05, 0) is 44.4 Å². The topological polar surface area (TPSA) is 32.3 Å². The van der Waals surface area contributed by atoms with Crippen LogP contribution in [0.15, 0.2) is 12.1 Å². The Balaban J connectivity index is 1.81. The van der Waals surface area contributed by atoms with Crippen LogP contribution in [0.2, 0.25) is 0 Å². The van der Waals surface area contributed by atoms with E-state index in [2.05, 4.69) is 5.32 Å². The number of anilines is 1. The monoisotopic (exact) mass is 355 g/mol. The first-order chi connectivity index (χ1) is 11.9. The second-order valence-electron chi connectivity index (χ2n) is 7.84. The van der Waals surface area contributed by atoms with E-state index in [1.807, 2.05) is 6.92 Å². The molecular formula is C20H28F3NO. The number of halogens is 3. The van der Waals surface area contributed by atoms with Gasteiger partial charge in [-0.25, -0.2) is 13.2 Å². The zero-order chi connectivity index (χ0) is 18.0. The van der Waals surface area contributed by atoms with Crippen LogP contribution >= 0.6 is 0 Å². The molecule has 2 nitrogen and oxygen atoms in total. The molecule has 3 rings (SSSR count). The highest BCUT2D eigenvalue weighted by atomic mass is 19.2. The van der Waals surface area contributed by atoms with Crippen LogP contribution in [0, 0.1) is 34.7 Å². The van der Waals surface area contributed by atoms with Gasteiger partial charge in [0.25, 0.3) is 0 Å². The van der Waals surface area contributed by atoms with Gasteiger partial charge in [0.2, 0.25) is 0 Å². The molecule has 0 heterocycles. The maximum Gasteiger partial charge on any atom is 0.161 e. The minimum absolute atomic E-state index is 0.00427. The van der Waals surface area contributed by atoms with Crippen LogP contribution in [0.3, 0.4) is 0 Å². The summed E-state index contributed by atoms with van der Waals surface area (Å²) in [7, 11) is 0. The van der Waals surface area contributed by atoms with Crippen molar-refractivity contribution < 1.29 is 18.3 Å². The Hall–Kier alpha value is -1.23. The molecule has 25 heavy (non-hydrogen) atoms. The maximum absolute atomic E-state index is 13.9. The van der Waals surface area contributed by atoms with Gasteiger partial charge in [0, 0.05) is 24.1 Å². The van der Waals surface area contributed by atoms with Crippen LogP contribution in [0.5, 0.6) is 0 Å². The number of hydrogen-bond donors (Lipinski definition) is 2. The number of aliphatic hydroxyl groups is 1. The lowest BCUT2D eigenvalue weighted by Crippen LogP contribution is -2.50. The van der Waals surface area contributed by atoms with E-state index in [4.69, 9.17) is 0 Å².